The Balaban J connectivity index is 0.00000200. The zero-order valence-corrected chi connectivity index (χ0v) is 11.7. The third kappa shape index (κ3) is 3.51. The summed E-state index contributed by atoms with van der Waals surface area (Å²) in [6.07, 6.45) is 0.458. The Labute approximate surface area is 133 Å². The fourth-order valence-electron chi connectivity index (χ4n) is 1.78. The van der Waals surface area contributed by atoms with Crippen molar-refractivity contribution in [2.24, 2.45) is 0 Å². The van der Waals surface area contributed by atoms with Crippen molar-refractivity contribution in [2.45, 2.75) is 23.8 Å². The SMILES string of the molecule is [Li+].[NH-]c1cccc(C(=O)NC2CCC(=O)NC2=O)c1[S-]. The summed E-state index contributed by atoms with van der Waals surface area (Å²) in [6.45, 7) is 0. The normalized spacial score (nSPS) is 17.9. The van der Waals surface area contributed by atoms with E-state index in [1.54, 1.807) is 6.07 Å². The van der Waals surface area contributed by atoms with Crippen molar-refractivity contribution in [3.05, 3.63) is 29.5 Å². The minimum atomic E-state index is -0.742. The summed E-state index contributed by atoms with van der Waals surface area (Å²) in [4.78, 5) is 34.6. The van der Waals surface area contributed by atoms with Crippen molar-refractivity contribution in [2.75, 3.05) is 0 Å². The van der Waals surface area contributed by atoms with E-state index in [4.69, 9.17) is 18.4 Å². The van der Waals surface area contributed by atoms with E-state index in [0.717, 1.165) is 0 Å². The zero-order valence-electron chi connectivity index (χ0n) is 10.9. The third-order valence-electron chi connectivity index (χ3n) is 2.80. The molecule has 1 saturated heterocycles. The Morgan fingerprint density at radius 3 is 2.75 bits per heavy atom. The van der Waals surface area contributed by atoms with Crippen LogP contribution in [0.1, 0.15) is 23.2 Å². The third-order valence-corrected chi connectivity index (χ3v) is 3.24. The van der Waals surface area contributed by atoms with Gasteiger partial charge in [0.25, 0.3) is 0 Å². The number of rotatable bonds is 2. The van der Waals surface area contributed by atoms with E-state index in [1.807, 2.05) is 0 Å². The molecule has 0 aromatic heterocycles. The minimum absolute atomic E-state index is 0. The van der Waals surface area contributed by atoms with Crippen molar-refractivity contribution in [3.8, 4) is 0 Å². The summed E-state index contributed by atoms with van der Waals surface area (Å²) in [5, 5.41) is 4.68. The first-order chi connectivity index (χ1) is 8.99. The summed E-state index contributed by atoms with van der Waals surface area (Å²) in [5.74, 6) is -1.36. The van der Waals surface area contributed by atoms with Crippen LogP contribution in [0, 0.1) is 0 Å². The molecule has 3 amide bonds. The molecule has 0 bridgehead atoms. The van der Waals surface area contributed by atoms with Gasteiger partial charge in [0.15, 0.2) is 0 Å². The largest absolute Gasteiger partial charge is 1.00 e. The predicted octanol–water partition coefficient (Wildman–Crippen LogP) is -2.18. The fourth-order valence-corrected chi connectivity index (χ4v) is 2.01. The molecule has 3 N–H and O–H groups in total. The molecule has 1 aliphatic heterocycles. The quantitative estimate of drug-likeness (QED) is 0.366. The second kappa shape index (κ2) is 6.75. The Hall–Kier alpha value is -1.55. The molecule has 0 spiro atoms. The number of nitrogens with one attached hydrogen (secondary N) is 3. The molecule has 6 nitrogen and oxygen atoms in total. The van der Waals surface area contributed by atoms with E-state index < -0.39 is 17.9 Å². The van der Waals surface area contributed by atoms with Crippen LogP contribution in [-0.4, -0.2) is 23.8 Å². The van der Waals surface area contributed by atoms with Crippen LogP contribution in [0.25, 0.3) is 5.73 Å². The van der Waals surface area contributed by atoms with Crippen molar-refractivity contribution in [1.82, 2.24) is 10.6 Å². The smallest absolute Gasteiger partial charge is 0.780 e. The molecule has 1 atom stereocenters. The molecule has 1 aromatic carbocycles. The molecule has 1 aromatic rings. The van der Waals surface area contributed by atoms with Crippen LogP contribution in [-0.2, 0) is 22.2 Å². The van der Waals surface area contributed by atoms with Crippen LogP contribution in [0.4, 0.5) is 5.69 Å². The van der Waals surface area contributed by atoms with Gasteiger partial charge in [-0.05, 0) is 6.42 Å². The van der Waals surface area contributed by atoms with Crippen molar-refractivity contribution < 1.29 is 33.2 Å². The molecule has 1 heterocycles. The molecule has 0 radical (unpaired) electrons. The second-order valence-electron chi connectivity index (χ2n) is 4.16. The van der Waals surface area contributed by atoms with Crippen LogP contribution in [0.3, 0.4) is 0 Å². The maximum Gasteiger partial charge on any atom is 1.00 e. The fraction of sp³-hybridized carbons (Fsp3) is 0.250. The van der Waals surface area contributed by atoms with Gasteiger partial charge in [-0.15, -0.1) is 0 Å². The average Bonchev–Trinajstić information content (AvgIpc) is 2.36. The van der Waals surface area contributed by atoms with E-state index in [1.165, 1.54) is 12.1 Å². The first kappa shape index (κ1) is 16.5. The molecule has 1 fully saturated rings. The molecule has 20 heavy (non-hydrogen) atoms. The number of imide groups is 1. The number of hydrogen-bond donors (Lipinski definition) is 2. The summed E-state index contributed by atoms with van der Waals surface area (Å²) in [6, 6.07) is 3.80. The van der Waals surface area contributed by atoms with Gasteiger partial charge in [0.05, 0.1) is 0 Å². The van der Waals surface area contributed by atoms with Gasteiger partial charge in [-0.25, -0.2) is 0 Å². The maximum absolute atomic E-state index is 12.0. The van der Waals surface area contributed by atoms with Crippen molar-refractivity contribution in [3.63, 3.8) is 0 Å². The average molecular weight is 284 g/mol. The summed E-state index contributed by atoms with van der Waals surface area (Å²) in [5.41, 5.74) is 7.81. The Kier molecular flexibility index (Phi) is 5.57. The van der Waals surface area contributed by atoms with E-state index in [-0.39, 0.29) is 53.8 Å². The van der Waals surface area contributed by atoms with E-state index in [0.29, 0.717) is 0 Å². The van der Waals surface area contributed by atoms with Crippen LogP contribution in [0.5, 0.6) is 0 Å². The van der Waals surface area contributed by atoms with Gasteiger partial charge in [0, 0.05) is 12.0 Å². The maximum atomic E-state index is 12.0. The molecule has 0 saturated carbocycles. The molecular formula is C12H11LiN3O3S-. The van der Waals surface area contributed by atoms with Crippen molar-refractivity contribution in [1.29, 1.82) is 0 Å². The zero-order chi connectivity index (χ0) is 14.0. The van der Waals surface area contributed by atoms with Crippen LogP contribution < -0.4 is 29.5 Å². The van der Waals surface area contributed by atoms with Gasteiger partial charge in [0.1, 0.15) is 6.04 Å². The van der Waals surface area contributed by atoms with Crippen LogP contribution >= 0.6 is 0 Å². The standard InChI is InChI=1S/C12H12N3O3S.Li/c13-7-3-1-2-6(10(7)19)11(17)14-8-4-5-9(16)15-12(8)18;/h1-3,8,13H,4-5H2,(H2,14,17,19)(H,15,16,18);/q-1;+1/p-1. The topological polar surface area (TPSA) is 99.1 Å². The van der Waals surface area contributed by atoms with Gasteiger partial charge in [-0.3, -0.25) is 19.7 Å². The first-order valence-electron chi connectivity index (χ1n) is 5.65. The molecule has 2 rings (SSSR count). The predicted molar refractivity (Wildman–Crippen MR) is 69.7 cm³/mol. The molecule has 100 valence electrons. The molecule has 0 aliphatic carbocycles. The monoisotopic (exact) mass is 284 g/mol. The minimum Gasteiger partial charge on any atom is -0.780 e. The number of hydrogen-bond acceptors (Lipinski definition) is 4. The molecular weight excluding hydrogens is 273 g/mol. The van der Waals surface area contributed by atoms with Crippen LogP contribution in [0.2, 0.25) is 0 Å². The molecule has 1 aliphatic rings. The summed E-state index contributed by atoms with van der Waals surface area (Å²) < 4.78 is 0. The molecule has 1 unspecified atom stereocenters. The number of piperidine rings is 1. The van der Waals surface area contributed by atoms with E-state index >= 15 is 0 Å². The molecule has 8 heteroatoms. The number of carbonyl (C=O) groups is 3. The van der Waals surface area contributed by atoms with Gasteiger partial charge in [-0.1, -0.05) is 18.2 Å². The van der Waals surface area contributed by atoms with Crippen molar-refractivity contribution >= 4 is 36.0 Å². The Morgan fingerprint density at radius 1 is 1.40 bits per heavy atom. The van der Waals surface area contributed by atoms with Gasteiger partial charge < -0.3 is 23.7 Å². The second-order valence-corrected chi connectivity index (χ2v) is 4.57. The van der Waals surface area contributed by atoms with E-state index in [9.17, 15) is 14.4 Å². The van der Waals surface area contributed by atoms with Gasteiger partial charge in [-0.2, -0.15) is 10.6 Å². The summed E-state index contributed by atoms with van der Waals surface area (Å²) >= 11 is 4.98. The van der Waals surface area contributed by atoms with Gasteiger partial charge >= 0.3 is 18.9 Å². The Bertz CT molecular complexity index is 565. The number of amides is 3. The number of benzene rings is 1. The van der Waals surface area contributed by atoms with Gasteiger partial charge in [0.2, 0.25) is 17.7 Å². The van der Waals surface area contributed by atoms with Crippen LogP contribution in [0.15, 0.2) is 23.1 Å². The Morgan fingerprint density at radius 2 is 2.10 bits per heavy atom. The first-order valence-corrected chi connectivity index (χ1v) is 6.06. The van der Waals surface area contributed by atoms with E-state index in [2.05, 4.69) is 10.6 Å². The number of carbonyl (C=O) groups excluding carboxylic acids is 3. The summed E-state index contributed by atoms with van der Waals surface area (Å²) in [7, 11) is 0.